The van der Waals surface area contributed by atoms with Crippen molar-refractivity contribution in [1.29, 1.82) is 0 Å². The summed E-state index contributed by atoms with van der Waals surface area (Å²) in [5.74, 6) is 0.152. The number of para-hydroxylation sites is 1. The van der Waals surface area contributed by atoms with E-state index in [1.807, 2.05) is 58.0 Å². The first-order valence-electron chi connectivity index (χ1n) is 15.2. The van der Waals surface area contributed by atoms with Crippen LogP contribution in [0.3, 0.4) is 0 Å². The van der Waals surface area contributed by atoms with Gasteiger partial charge in [-0.25, -0.2) is 8.42 Å². The van der Waals surface area contributed by atoms with Crippen LogP contribution in [0.25, 0.3) is 0 Å². The predicted molar refractivity (Wildman–Crippen MR) is 188 cm³/mol. The number of amides is 2. The van der Waals surface area contributed by atoms with Crippen molar-refractivity contribution >= 4 is 50.7 Å². The monoisotopic (exact) mass is 695 g/mol. The average Bonchev–Trinajstić information content (AvgIpc) is 3.01. The number of ether oxygens (including phenoxy) is 1. The van der Waals surface area contributed by atoms with Gasteiger partial charge in [0.15, 0.2) is 0 Å². The minimum Gasteiger partial charge on any atom is -0.457 e. The topological polar surface area (TPSA) is 96.0 Å². The lowest BCUT2D eigenvalue weighted by atomic mass is 10.1. The molecule has 0 saturated heterocycles. The molecule has 0 fully saturated rings. The number of rotatable bonds is 12. The summed E-state index contributed by atoms with van der Waals surface area (Å²) >= 11 is 12.6. The lowest BCUT2D eigenvalue weighted by Gasteiger charge is -2.35. The van der Waals surface area contributed by atoms with Gasteiger partial charge >= 0.3 is 0 Å². The number of aryl methyl sites for hydroxylation is 1. The summed E-state index contributed by atoms with van der Waals surface area (Å²) in [5, 5.41) is 3.69. The van der Waals surface area contributed by atoms with Crippen molar-refractivity contribution in [3.05, 3.63) is 118 Å². The Hall–Kier alpha value is -4.05. The van der Waals surface area contributed by atoms with E-state index in [0.29, 0.717) is 27.1 Å². The average molecular weight is 697 g/mol. The van der Waals surface area contributed by atoms with Crippen LogP contribution in [0.15, 0.2) is 102 Å². The highest BCUT2D eigenvalue weighted by molar-refractivity contribution is 7.92. The standard InChI is InChI=1S/C36H39Cl2N3O5S/c1-6-33(35(43)39-36(3,4)5)40(23-26-14-15-27(37)22-32(26)38)34(42)24-41(47(44,45)31-20-12-25(2)13-21-31)28-16-18-30(19-17-28)46-29-10-8-7-9-11-29/h7-22,33H,6,23-24H2,1-5H3,(H,39,43)/t33-/m1/s1. The molecule has 8 nitrogen and oxygen atoms in total. The first-order valence-corrected chi connectivity index (χ1v) is 17.4. The number of carbonyl (C=O) groups is 2. The molecule has 1 N–H and O–H groups in total. The van der Waals surface area contributed by atoms with Crippen molar-refractivity contribution in [2.75, 3.05) is 10.8 Å². The van der Waals surface area contributed by atoms with Crippen molar-refractivity contribution in [2.24, 2.45) is 0 Å². The number of nitrogens with zero attached hydrogens (tertiary/aromatic N) is 2. The number of anilines is 1. The number of sulfonamides is 1. The maximum Gasteiger partial charge on any atom is 0.264 e. The number of benzene rings is 4. The largest absolute Gasteiger partial charge is 0.457 e. The van der Waals surface area contributed by atoms with E-state index >= 15 is 0 Å². The number of halogens is 2. The zero-order valence-corrected chi connectivity index (χ0v) is 29.4. The molecule has 0 aliphatic heterocycles. The highest BCUT2D eigenvalue weighted by atomic mass is 35.5. The SMILES string of the molecule is CC[C@H](C(=O)NC(C)(C)C)N(Cc1ccc(Cl)cc1Cl)C(=O)CN(c1ccc(Oc2ccccc2)cc1)S(=O)(=O)c1ccc(C)cc1. The molecule has 4 rings (SSSR count). The summed E-state index contributed by atoms with van der Waals surface area (Å²) in [6.45, 7) is 8.56. The highest BCUT2D eigenvalue weighted by Gasteiger charge is 2.35. The van der Waals surface area contributed by atoms with Crippen LogP contribution in [-0.2, 0) is 26.2 Å². The Balaban J connectivity index is 1.75. The summed E-state index contributed by atoms with van der Waals surface area (Å²) in [7, 11) is -4.24. The molecule has 2 amide bonds. The van der Waals surface area contributed by atoms with Crippen LogP contribution in [0.1, 0.15) is 45.2 Å². The third-order valence-corrected chi connectivity index (χ3v) is 9.61. The summed E-state index contributed by atoms with van der Waals surface area (Å²) in [4.78, 5) is 29.3. The molecule has 4 aromatic carbocycles. The second-order valence-corrected chi connectivity index (χ2v) is 14.9. The first-order chi connectivity index (χ1) is 22.2. The van der Waals surface area contributed by atoms with Gasteiger partial charge in [0.25, 0.3) is 10.0 Å². The second kappa shape index (κ2) is 15.2. The quantitative estimate of drug-likeness (QED) is 0.162. The third kappa shape index (κ3) is 9.50. The van der Waals surface area contributed by atoms with Crippen LogP contribution < -0.4 is 14.4 Å². The van der Waals surface area contributed by atoms with E-state index in [0.717, 1.165) is 9.87 Å². The van der Waals surface area contributed by atoms with Gasteiger partial charge in [-0.2, -0.15) is 0 Å². The van der Waals surface area contributed by atoms with Crippen molar-refractivity contribution in [3.8, 4) is 11.5 Å². The summed E-state index contributed by atoms with van der Waals surface area (Å²) in [6.07, 6.45) is 0.273. The summed E-state index contributed by atoms with van der Waals surface area (Å²) in [6, 6.07) is 26.0. The molecular formula is C36H39Cl2N3O5S. The number of hydrogen-bond donors (Lipinski definition) is 1. The van der Waals surface area contributed by atoms with Crippen LogP contribution in [0.5, 0.6) is 11.5 Å². The molecule has 0 saturated carbocycles. The van der Waals surface area contributed by atoms with Crippen molar-refractivity contribution < 1.29 is 22.7 Å². The maximum absolute atomic E-state index is 14.4. The Labute approximate surface area is 287 Å². The van der Waals surface area contributed by atoms with E-state index in [9.17, 15) is 18.0 Å². The fourth-order valence-electron chi connectivity index (χ4n) is 4.88. The number of carbonyl (C=O) groups excluding carboxylic acids is 2. The lowest BCUT2D eigenvalue weighted by molar-refractivity contribution is -0.141. The molecule has 0 aliphatic rings. The molecule has 1 atom stereocenters. The molecule has 0 unspecified atom stereocenters. The van der Waals surface area contributed by atoms with Crippen molar-refractivity contribution in [1.82, 2.24) is 10.2 Å². The molecule has 0 bridgehead atoms. The molecule has 47 heavy (non-hydrogen) atoms. The van der Waals surface area contributed by atoms with Gasteiger partial charge in [-0.1, -0.05) is 72.1 Å². The fourth-order valence-corrected chi connectivity index (χ4v) is 6.76. The summed E-state index contributed by atoms with van der Waals surface area (Å²) in [5.41, 5.74) is 1.12. The second-order valence-electron chi connectivity index (χ2n) is 12.2. The minimum absolute atomic E-state index is 0.0188. The van der Waals surface area contributed by atoms with Gasteiger partial charge in [0.05, 0.1) is 10.6 Å². The van der Waals surface area contributed by atoms with Gasteiger partial charge < -0.3 is 15.0 Å². The molecule has 0 aromatic heterocycles. The maximum atomic E-state index is 14.4. The Kier molecular flexibility index (Phi) is 11.6. The highest BCUT2D eigenvalue weighted by Crippen LogP contribution is 2.30. The van der Waals surface area contributed by atoms with Crippen LogP contribution in [0.4, 0.5) is 5.69 Å². The zero-order chi connectivity index (χ0) is 34.4. The Morgan fingerprint density at radius 3 is 2.06 bits per heavy atom. The van der Waals surface area contributed by atoms with Crippen LogP contribution in [0.2, 0.25) is 10.0 Å². The number of nitrogens with one attached hydrogen (secondary N) is 1. The molecule has 0 radical (unpaired) electrons. The predicted octanol–water partition coefficient (Wildman–Crippen LogP) is 8.01. The van der Waals surface area contributed by atoms with E-state index < -0.39 is 34.1 Å². The fraction of sp³-hybridized carbons (Fsp3) is 0.278. The minimum atomic E-state index is -4.24. The van der Waals surface area contributed by atoms with E-state index in [2.05, 4.69) is 5.32 Å². The van der Waals surface area contributed by atoms with E-state index in [1.54, 1.807) is 61.5 Å². The van der Waals surface area contributed by atoms with Crippen molar-refractivity contribution in [2.45, 2.75) is 64.1 Å². The van der Waals surface area contributed by atoms with Gasteiger partial charge in [-0.3, -0.25) is 13.9 Å². The normalized spacial score (nSPS) is 12.2. The Morgan fingerprint density at radius 1 is 0.872 bits per heavy atom. The van der Waals surface area contributed by atoms with Gasteiger partial charge in [-0.05, 0) is 100 Å². The first kappa shape index (κ1) is 35.8. The van der Waals surface area contributed by atoms with Crippen LogP contribution in [-0.4, -0.2) is 43.3 Å². The molecule has 248 valence electrons. The van der Waals surface area contributed by atoms with Gasteiger partial charge in [-0.15, -0.1) is 0 Å². The van der Waals surface area contributed by atoms with Gasteiger partial charge in [0.2, 0.25) is 11.8 Å². The Morgan fingerprint density at radius 2 is 1.49 bits per heavy atom. The van der Waals surface area contributed by atoms with Gasteiger partial charge in [0, 0.05) is 22.1 Å². The van der Waals surface area contributed by atoms with Crippen LogP contribution in [0, 0.1) is 6.92 Å². The molecule has 0 aliphatic carbocycles. The van der Waals surface area contributed by atoms with Crippen molar-refractivity contribution in [3.63, 3.8) is 0 Å². The molecule has 0 heterocycles. The Bertz CT molecular complexity index is 1790. The third-order valence-electron chi connectivity index (χ3n) is 7.23. The zero-order valence-electron chi connectivity index (χ0n) is 27.0. The molecule has 11 heteroatoms. The van der Waals surface area contributed by atoms with E-state index in [4.69, 9.17) is 27.9 Å². The van der Waals surface area contributed by atoms with E-state index in [1.165, 1.54) is 17.0 Å². The van der Waals surface area contributed by atoms with Crippen LogP contribution >= 0.6 is 23.2 Å². The molecule has 4 aromatic rings. The smallest absolute Gasteiger partial charge is 0.264 e. The lowest BCUT2D eigenvalue weighted by Crippen LogP contribution is -2.55. The summed E-state index contributed by atoms with van der Waals surface area (Å²) < 4.78 is 35.4. The van der Waals surface area contributed by atoms with Gasteiger partial charge in [0.1, 0.15) is 24.1 Å². The van der Waals surface area contributed by atoms with E-state index in [-0.39, 0.29) is 29.5 Å². The number of hydrogen-bond acceptors (Lipinski definition) is 5. The molecule has 0 spiro atoms. The molecular weight excluding hydrogens is 657 g/mol.